The summed E-state index contributed by atoms with van der Waals surface area (Å²) >= 11 is 0. The number of hydrogen-bond acceptors (Lipinski definition) is 1. The number of hydrogen-bond donors (Lipinski definition) is 0. The van der Waals surface area contributed by atoms with Crippen molar-refractivity contribution < 1.29 is 9.13 Å². The van der Waals surface area contributed by atoms with Crippen LogP contribution in [-0.4, -0.2) is 11.7 Å². The van der Waals surface area contributed by atoms with Gasteiger partial charge in [-0.05, 0) is 36.8 Å². The van der Waals surface area contributed by atoms with Crippen LogP contribution in [0.5, 0.6) is 5.75 Å². The predicted octanol–water partition coefficient (Wildman–Crippen LogP) is 2.81. The first-order valence-corrected chi connectivity index (χ1v) is 4.54. The summed E-state index contributed by atoms with van der Waals surface area (Å²) in [5.41, 5.74) is 1.49. The Kier molecular flexibility index (Phi) is 2.46. The average Bonchev–Trinajstić information content (AvgIpc) is 2.66. The van der Waals surface area contributed by atoms with Gasteiger partial charge in [0.1, 0.15) is 11.6 Å². The first kappa shape index (κ1) is 9.77. The van der Waals surface area contributed by atoms with Gasteiger partial charge in [0.05, 0.1) is 13.3 Å². The van der Waals surface area contributed by atoms with Crippen LogP contribution < -0.4 is 4.74 Å². The summed E-state index contributed by atoms with van der Waals surface area (Å²) < 4.78 is 19.8. The van der Waals surface area contributed by atoms with Crippen LogP contribution >= 0.6 is 0 Å². The number of ether oxygens (including phenoxy) is 1. The highest BCUT2D eigenvalue weighted by Gasteiger charge is 2.03. The Morgan fingerprint density at radius 3 is 2.73 bits per heavy atom. The largest absolute Gasteiger partial charge is 0.495 e. The van der Waals surface area contributed by atoms with Crippen LogP contribution in [0.2, 0.25) is 0 Å². The number of nitrogens with zero attached hydrogens (tertiary/aromatic N) is 1. The second kappa shape index (κ2) is 3.77. The predicted molar refractivity (Wildman–Crippen MR) is 56.7 cm³/mol. The molecule has 0 aliphatic rings. The minimum Gasteiger partial charge on any atom is -0.495 e. The highest BCUT2D eigenvalue weighted by molar-refractivity contribution is 5.44. The van der Waals surface area contributed by atoms with Gasteiger partial charge < -0.3 is 9.30 Å². The van der Waals surface area contributed by atoms with Gasteiger partial charge in [0.2, 0.25) is 0 Å². The summed E-state index contributed by atoms with van der Waals surface area (Å²) in [6.45, 7) is 3.79. The van der Waals surface area contributed by atoms with E-state index in [0.717, 1.165) is 11.4 Å². The van der Waals surface area contributed by atoms with E-state index in [4.69, 9.17) is 4.74 Å². The topological polar surface area (TPSA) is 14.2 Å². The molecule has 1 aromatic carbocycles. The molecule has 0 unspecified atom stereocenters. The van der Waals surface area contributed by atoms with Crippen molar-refractivity contribution in [2.45, 2.75) is 0 Å². The highest BCUT2D eigenvalue weighted by Crippen LogP contribution is 2.19. The maximum atomic E-state index is 12.9. The minimum absolute atomic E-state index is 0.275. The quantitative estimate of drug-likeness (QED) is 0.733. The third kappa shape index (κ3) is 1.86. The van der Waals surface area contributed by atoms with E-state index in [1.807, 2.05) is 23.0 Å². The molecule has 0 saturated heterocycles. The van der Waals surface area contributed by atoms with Gasteiger partial charge in [0.15, 0.2) is 0 Å². The monoisotopic (exact) mass is 204 g/mol. The lowest BCUT2D eigenvalue weighted by molar-refractivity contribution is 0.415. The molecular formula is C12H11FNO. The van der Waals surface area contributed by atoms with Crippen molar-refractivity contribution in [3.05, 3.63) is 55.0 Å². The van der Waals surface area contributed by atoms with Crippen molar-refractivity contribution in [1.29, 1.82) is 0 Å². The number of aromatic nitrogens is 1. The smallest absolute Gasteiger partial charge is 0.136 e. The second-order valence-electron chi connectivity index (χ2n) is 3.23. The van der Waals surface area contributed by atoms with Gasteiger partial charge >= 0.3 is 0 Å². The van der Waals surface area contributed by atoms with E-state index in [1.165, 1.54) is 12.1 Å². The van der Waals surface area contributed by atoms with E-state index in [9.17, 15) is 4.39 Å². The fraction of sp³-hybridized carbons (Fsp3) is 0.0833. The van der Waals surface area contributed by atoms with E-state index >= 15 is 0 Å². The molecule has 1 aromatic heterocycles. The second-order valence-corrected chi connectivity index (χ2v) is 3.23. The van der Waals surface area contributed by atoms with Crippen molar-refractivity contribution in [3.63, 3.8) is 0 Å². The van der Waals surface area contributed by atoms with Crippen molar-refractivity contribution in [3.8, 4) is 11.4 Å². The third-order valence-corrected chi connectivity index (χ3v) is 2.22. The van der Waals surface area contributed by atoms with E-state index in [2.05, 4.69) is 6.92 Å². The molecule has 77 valence electrons. The Balaban J connectivity index is 2.44. The molecule has 0 fully saturated rings. The molecule has 2 rings (SSSR count). The summed E-state index contributed by atoms with van der Waals surface area (Å²) in [5, 5.41) is 0. The van der Waals surface area contributed by atoms with E-state index in [1.54, 1.807) is 13.2 Å². The van der Waals surface area contributed by atoms with E-state index < -0.39 is 0 Å². The lowest BCUT2D eigenvalue weighted by Gasteiger charge is -2.06. The minimum atomic E-state index is -0.275. The summed E-state index contributed by atoms with van der Waals surface area (Å²) in [4.78, 5) is 0. The number of benzene rings is 1. The van der Waals surface area contributed by atoms with Crippen LogP contribution in [0.1, 0.15) is 5.56 Å². The van der Waals surface area contributed by atoms with Crippen molar-refractivity contribution in [1.82, 2.24) is 4.57 Å². The van der Waals surface area contributed by atoms with Crippen LogP contribution in [0.15, 0.2) is 36.7 Å². The van der Waals surface area contributed by atoms with Crippen molar-refractivity contribution in [2.75, 3.05) is 7.11 Å². The molecule has 1 radical (unpaired) electrons. The molecule has 1 heterocycles. The van der Waals surface area contributed by atoms with Gasteiger partial charge in [-0.1, -0.05) is 0 Å². The Labute approximate surface area is 87.9 Å². The van der Waals surface area contributed by atoms with Crippen molar-refractivity contribution in [2.24, 2.45) is 0 Å². The molecule has 0 atom stereocenters. The molecule has 15 heavy (non-hydrogen) atoms. The summed E-state index contributed by atoms with van der Waals surface area (Å²) in [6.07, 6.45) is 3.67. The molecule has 3 heteroatoms. The Morgan fingerprint density at radius 2 is 2.13 bits per heavy atom. The van der Waals surface area contributed by atoms with Crippen LogP contribution in [0, 0.1) is 12.7 Å². The molecule has 0 aliphatic heterocycles. The first-order chi connectivity index (χ1) is 7.20. The van der Waals surface area contributed by atoms with E-state index in [-0.39, 0.29) is 5.82 Å². The number of rotatable bonds is 2. The highest BCUT2D eigenvalue weighted by atomic mass is 19.1. The Hall–Kier alpha value is -1.77. The van der Waals surface area contributed by atoms with Gasteiger partial charge in [0.25, 0.3) is 0 Å². The molecule has 0 bridgehead atoms. The first-order valence-electron chi connectivity index (χ1n) is 4.54. The van der Waals surface area contributed by atoms with Gasteiger partial charge in [-0.2, -0.15) is 0 Å². The van der Waals surface area contributed by atoms with Crippen LogP contribution in [0.25, 0.3) is 5.69 Å². The molecule has 2 nitrogen and oxygen atoms in total. The molecule has 0 amide bonds. The summed E-state index contributed by atoms with van der Waals surface area (Å²) in [5.74, 6) is 0.488. The molecule has 0 N–H and O–H groups in total. The zero-order chi connectivity index (χ0) is 10.8. The molecular weight excluding hydrogens is 193 g/mol. The van der Waals surface area contributed by atoms with Crippen molar-refractivity contribution >= 4 is 0 Å². The van der Waals surface area contributed by atoms with Gasteiger partial charge in [-0.3, -0.25) is 0 Å². The maximum Gasteiger partial charge on any atom is 0.136 e. The van der Waals surface area contributed by atoms with Crippen LogP contribution in [0.3, 0.4) is 0 Å². The molecule has 0 aliphatic carbocycles. The zero-order valence-corrected chi connectivity index (χ0v) is 8.40. The van der Waals surface area contributed by atoms with E-state index in [0.29, 0.717) is 5.56 Å². The maximum absolute atomic E-state index is 12.9. The lowest BCUT2D eigenvalue weighted by Crippen LogP contribution is -1.94. The normalized spacial score (nSPS) is 10.3. The number of halogens is 1. The van der Waals surface area contributed by atoms with Crippen LogP contribution in [-0.2, 0) is 0 Å². The summed E-state index contributed by atoms with van der Waals surface area (Å²) in [6, 6.07) is 6.35. The van der Waals surface area contributed by atoms with Gasteiger partial charge in [-0.15, -0.1) is 0 Å². The fourth-order valence-electron chi connectivity index (χ4n) is 1.45. The number of methoxy groups -OCH3 is 1. The zero-order valence-electron chi connectivity index (χ0n) is 8.40. The Morgan fingerprint density at radius 1 is 1.33 bits per heavy atom. The molecule has 0 saturated carbocycles. The van der Waals surface area contributed by atoms with Crippen LogP contribution in [0.4, 0.5) is 4.39 Å². The lowest BCUT2D eigenvalue weighted by atomic mass is 10.2. The molecule has 2 aromatic rings. The average molecular weight is 204 g/mol. The Bertz CT molecular complexity index is 476. The standard InChI is InChI=1S/C12H11FNO/c1-9-7-10(13)3-4-12(9)14-6-5-11(8-14)15-2/h3-8H,1H2,2H3. The summed E-state index contributed by atoms with van der Waals surface area (Å²) in [7, 11) is 1.61. The third-order valence-electron chi connectivity index (χ3n) is 2.22. The SMILES string of the molecule is [CH2]c1cc(F)ccc1-n1ccc(OC)c1. The molecule has 0 spiro atoms. The fourth-order valence-corrected chi connectivity index (χ4v) is 1.45. The van der Waals surface area contributed by atoms with Gasteiger partial charge in [-0.25, -0.2) is 4.39 Å². The van der Waals surface area contributed by atoms with Gasteiger partial charge in [0, 0.05) is 11.9 Å².